The molecule has 0 saturated heterocycles. The van der Waals surface area contributed by atoms with Crippen LogP contribution < -0.4 is 5.73 Å². The lowest BCUT2D eigenvalue weighted by atomic mass is 10.2. The Labute approximate surface area is 57.5 Å². The van der Waals surface area contributed by atoms with Crippen molar-refractivity contribution in [3.8, 4) is 0 Å². The number of carbonyl (C=O) groups is 1. The molecule has 4 heteroatoms. The van der Waals surface area contributed by atoms with Crippen molar-refractivity contribution >= 4 is 15.7 Å². The van der Waals surface area contributed by atoms with Crippen LogP contribution in [0.2, 0.25) is 0 Å². The highest BCUT2D eigenvalue weighted by Gasteiger charge is 2.05. The largest absolute Gasteiger partial charge is 0.523 e. The molecular formula is C5H13NO2Si. The van der Waals surface area contributed by atoms with E-state index in [2.05, 4.69) is 0 Å². The van der Waals surface area contributed by atoms with E-state index >= 15 is 0 Å². The van der Waals surface area contributed by atoms with Crippen molar-refractivity contribution in [2.45, 2.75) is 13.8 Å². The van der Waals surface area contributed by atoms with E-state index in [-0.39, 0.29) is 11.9 Å². The lowest BCUT2D eigenvalue weighted by Gasteiger charge is -2.04. The Morgan fingerprint density at radius 2 is 2.33 bits per heavy atom. The molecule has 0 aromatic carbocycles. The van der Waals surface area contributed by atoms with Gasteiger partial charge in [0.25, 0.3) is 5.97 Å². The van der Waals surface area contributed by atoms with Crippen LogP contribution in [0.1, 0.15) is 13.8 Å². The van der Waals surface area contributed by atoms with Gasteiger partial charge in [-0.05, 0) is 0 Å². The summed E-state index contributed by atoms with van der Waals surface area (Å²) in [5.41, 5.74) is 5.16. The van der Waals surface area contributed by atoms with Gasteiger partial charge >= 0.3 is 0 Å². The lowest BCUT2D eigenvalue weighted by molar-refractivity contribution is -0.137. The molecule has 0 aliphatic carbocycles. The summed E-state index contributed by atoms with van der Waals surface area (Å²) in [5.74, 6) is -0.129. The van der Waals surface area contributed by atoms with E-state index in [1.54, 1.807) is 0 Å². The van der Waals surface area contributed by atoms with Crippen LogP contribution in [0.15, 0.2) is 0 Å². The molecule has 2 N–H and O–H groups in total. The maximum Gasteiger partial charge on any atom is 0.294 e. The fraction of sp³-hybridized carbons (Fsp3) is 0.800. The molecule has 0 atom stereocenters. The van der Waals surface area contributed by atoms with Crippen LogP contribution in [0.5, 0.6) is 0 Å². The maximum absolute atomic E-state index is 10.7. The predicted octanol–water partition coefficient (Wildman–Crippen LogP) is -0.814. The quantitative estimate of drug-likeness (QED) is 0.531. The highest BCUT2D eigenvalue weighted by molar-refractivity contribution is 6.30. The number of hydrogen-bond donors (Lipinski definition) is 1. The molecular weight excluding hydrogens is 134 g/mol. The molecule has 0 aromatic rings. The zero-order chi connectivity index (χ0) is 7.28. The molecule has 0 rings (SSSR count). The van der Waals surface area contributed by atoms with Gasteiger partial charge in [-0.1, -0.05) is 13.8 Å². The number of nitrogens with two attached hydrogens (primary N) is 1. The smallest absolute Gasteiger partial charge is 0.294 e. The van der Waals surface area contributed by atoms with E-state index in [1.165, 1.54) is 0 Å². The highest BCUT2D eigenvalue weighted by Crippen LogP contribution is 1.93. The molecule has 0 amide bonds. The Kier molecular flexibility index (Phi) is 4.34. The summed E-state index contributed by atoms with van der Waals surface area (Å²) < 4.78 is 4.83. The molecule has 0 unspecified atom stereocenters. The minimum atomic E-state index is -0.740. The summed E-state index contributed by atoms with van der Waals surface area (Å²) in [5, 5.41) is 0. The molecule has 0 fully saturated rings. The van der Waals surface area contributed by atoms with Gasteiger partial charge in [0.1, 0.15) is 0 Å². The summed E-state index contributed by atoms with van der Waals surface area (Å²) in [7, 11) is -0.740. The Hall–Kier alpha value is -0.353. The SMILES string of the molecule is CC(C)C(=O)O[SiH2]CN. The topological polar surface area (TPSA) is 52.3 Å². The number of carbonyl (C=O) groups excluding carboxylic acids is 1. The molecule has 0 aromatic heterocycles. The van der Waals surface area contributed by atoms with Crippen LogP contribution in [-0.2, 0) is 9.22 Å². The summed E-state index contributed by atoms with van der Waals surface area (Å²) in [6.07, 6.45) is 0.540. The van der Waals surface area contributed by atoms with Crippen molar-refractivity contribution in [1.29, 1.82) is 0 Å². The van der Waals surface area contributed by atoms with Crippen LogP contribution in [0.25, 0.3) is 0 Å². The van der Waals surface area contributed by atoms with Crippen LogP contribution in [0.4, 0.5) is 0 Å². The van der Waals surface area contributed by atoms with E-state index in [0.29, 0.717) is 6.17 Å². The van der Waals surface area contributed by atoms with Crippen molar-refractivity contribution in [3.63, 3.8) is 0 Å². The van der Waals surface area contributed by atoms with Crippen LogP contribution in [0, 0.1) is 5.92 Å². The Bertz CT molecular complexity index is 95.0. The monoisotopic (exact) mass is 147 g/mol. The fourth-order valence-corrected chi connectivity index (χ4v) is 0.979. The van der Waals surface area contributed by atoms with Crippen molar-refractivity contribution < 1.29 is 9.22 Å². The zero-order valence-electron chi connectivity index (χ0n) is 5.89. The molecule has 0 bridgehead atoms. The summed E-state index contributed by atoms with van der Waals surface area (Å²) in [6, 6.07) is 0. The molecule has 0 saturated carbocycles. The van der Waals surface area contributed by atoms with Crippen LogP contribution in [0.3, 0.4) is 0 Å². The van der Waals surface area contributed by atoms with Gasteiger partial charge in [-0.15, -0.1) is 0 Å². The van der Waals surface area contributed by atoms with Gasteiger partial charge in [-0.2, -0.15) is 0 Å². The third-order valence-corrected chi connectivity index (χ3v) is 1.56. The molecule has 3 nitrogen and oxygen atoms in total. The van der Waals surface area contributed by atoms with Crippen LogP contribution >= 0.6 is 0 Å². The maximum atomic E-state index is 10.7. The average Bonchev–Trinajstić information content (AvgIpc) is 1.82. The van der Waals surface area contributed by atoms with Gasteiger partial charge < -0.3 is 10.2 Å². The Morgan fingerprint density at radius 1 is 1.78 bits per heavy atom. The van der Waals surface area contributed by atoms with E-state index in [9.17, 15) is 4.79 Å². The van der Waals surface area contributed by atoms with E-state index < -0.39 is 9.76 Å². The van der Waals surface area contributed by atoms with E-state index in [1.807, 2.05) is 13.8 Å². The number of rotatable bonds is 3. The lowest BCUT2D eigenvalue weighted by Crippen LogP contribution is -2.20. The van der Waals surface area contributed by atoms with Gasteiger partial charge in [0.2, 0.25) is 9.76 Å². The predicted molar refractivity (Wildman–Crippen MR) is 38.5 cm³/mol. The molecule has 0 aliphatic rings. The van der Waals surface area contributed by atoms with E-state index in [4.69, 9.17) is 10.2 Å². The molecule has 0 spiro atoms. The minimum absolute atomic E-state index is 0.0101. The van der Waals surface area contributed by atoms with Crippen molar-refractivity contribution in [2.24, 2.45) is 11.7 Å². The second-order valence-corrected chi connectivity index (χ2v) is 3.39. The third kappa shape index (κ3) is 4.17. The highest BCUT2D eigenvalue weighted by atomic mass is 28.2. The third-order valence-electron chi connectivity index (χ3n) is 0.834. The second-order valence-electron chi connectivity index (χ2n) is 2.11. The first-order valence-corrected chi connectivity index (χ1v) is 4.63. The molecule has 0 aliphatic heterocycles. The van der Waals surface area contributed by atoms with Crippen molar-refractivity contribution in [2.75, 3.05) is 6.17 Å². The fourth-order valence-electron chi connectivity index (χ4n) is 0.326. The number of hydrogen-bond acceptors (Lipinski definition) is 3. The Morgan fingerprint density at radius 3 is 2.67 bits per heavy atom. The molecule has 0 heterocycles. The van der Waals surface area contributed by atoms with Gasteiger partial charge in [-0.3, -0.25) is 4.79 Å². The summed E-state index contributed by atoms with van der Waals surface area (Å²) >= 11 is 0. The summed E-state index contributed by atoms with van der Waals surface area (Å²) in [4.78, 5) is 10.7. The first-order valence-electron chi connectivity index (χ1n) is 3.05. The van der Waals surface area contributed by atoms with Crippen molar-refractivity contribution in [3.05, 3.63) is 0 Å². The summed E-state index contributed by atoms with van der Waals surface area (Å²) in [6.45, 7) is 3.63. The zero-order valence-corrected chi connectivity index (χ0v) is 7.30. The molecule has 9 heavy (non-hydrogen) atoms. The van der Waals surface area contributed by atoms with Gasteiger partial charge in [-0.25, -0.2) is 0 Å². The van der Waals surface area contributed by atoms with Crippen molar-refractivity contribution in [1.82, 2.24) is 0 Å². The second kappa shape index (κ2) is 4.52. The van der Waals surface area contributed by atoms with Gasteiger partial charge in [0.15, 0.2) is 0 Å². The minimum Gasteiger partial charge on any atom is -0.523 e. The first-order chi connectivity index (χ1) is 4.18. The van der Waals surface area contributed by atoms with Gasteiger partial charge in [0, 0.05) is 12.1 Å². The molecule has 54 valence electrons. The van der Waals surface area contributed by atoms with E-state index in [0.717, 1.165) is 0 Å². The van der Waals surface area contributed by atoms with Crippen LogP contribution in [-0.4, -0.2) is 21.9 Å². The molecule has 0 radical (unpaired) electrons. The normalized spacial score (nSPS) is 11.1. The average molecular weight is 147 g/mol. The Balaban J connectivity index is 3.28. The first kappa shape index (κ1) is 8.65. The standard InChI is InChI=1S/C5H13NO2Si/c1-4(2)5(7)8-9-3-6/h4H,3,6,9H2,1-2H3. The van der Waals surface area contributed by atoms with Gasteiger partial charge in [0.05, 0.1) is 0 Å².